The first-order valence-electron chi connectivity index (χ1n) is 6.20. The van der Waals surface area contributed by atoms with Gasteiger partial charge in [-0.1, -0.05) is 0 Å². The number of hydrogen-bond acceptors (Lipinski definition) is 5. The number of methoxy groups -OCH3 is 1. The Morgan fingerprint density at radius 2 is 1.95 bits per heavy atom. The molecular formula is C14H15N5O. The zero-order valence-electron chi connectivity index (χ0n) is 11.3. The van der Waals surface area contributed by atoms with Crippen molar-refractivity contribution in [1.29, 1.82) is 0 Å². The second-order valence-electron chi connectivity index (χ2n) is 4.46. The van der Waals surface area contributed by atoms with Crippen LogP contribution in [0.4, 0.5) is 5.82 Å². The van der Waals surface area contributed by atoms with Crippen molar-refractivity contribution in [2.45, 2.75) is 6.92 Å². The van der Waals surface area contributed by atoms with E-state index in [-0.39, 0.29) is 0 Å². The number of nitrogens with two attached hydrogens (primary N) is 1. The molecule has 0 spiro atoms. The van der Waals surface area contributed by atoms with Gasteiger partial charge in [-0.05, 0) is 31.2 Å². The molecule has 3 rings (SSSR count). The van der Waals surface area contributed by atoms with Crippen molar-refractivity contribution in [2.75, 3.05) is 12.5 Å². The van der Waals surface area contributed by atoms with Crippen LogP contribution in [0.5, 0.6) is 5.75 Å². The fraction of sp³-hybridized carbons (Fsp3) is 0.143. The lowest BCUT2D eigenvalue weighted by atomic mass is 10.1. The van der Waals surface area contributed by atoms with Crippen LogP contribution in [-0.4, -0.2) is 21.7 Å². The van der Waals surface area contributed by atoms with Crippen LogP contribution in [-0.2, 0) is 0 Å². The summed E-state index contributed by atoms with van der Waals surface area (Å²) in [6.07, 6.45) is 0. The van der Waals surface area contributed by atoms with Crippen molar-refractivity contribution >= 4 is 11.5 Å². The third-order valence-corrected chi connectivity index (χ3v) is 3.08. The standard InChI is InChI=1S/C14H15N5O/c1-9-7-13-16-12(8-14(17-15)19(13)18-9)10-3-5-11(20-2)6-4-10/h3-8,17H,15H2,1-2H3. The molecule has 1 aromatic carbocycles. The van der Waals surface area contributed by atoms with Gasteiger partial charge in [-0.25, -0.2) is 10.8 Å². The lowest BCUT2D eigenvalue weighted by molar-refractivity contribution is 0.415. The van der Waals surface area contributed by atoms with Gasteiger partial charge in [0.1, 0.15) is 11.6 Å². The van der Waals surface area contributed by atoms with E-state index in [0.29, 0.717) is 5.82 Å². The zero-order valence-corrected chi connectivity index (χ0v) is 11.3. The molecular weight excluding hydrogens is 254 g/mol. The zero-order chi connectivity index (χ0) is 14.1. The molecule has 0 saturated heterocycles. The summed E-state index contributed by atoms with van der Waals surface area (Å²) >= 11 is 0. The van der Waals surface area contributed by atoms with E-state index in [1.807, 2.05) is 43.3 Å². The third kappa shape index (κ3) is 2.06. The highest BCUT2D eigenvalue weighted by atomic mass is 16.5. The van der Waals surface area contributed by atoms with Crippen LogP contribution in [0, 0.1) is 6.92 Å². The molecule has 2 aromatic heterocycles. The predicted molar refractivity (Wildman–Crippen MR) is 77.5 cm³/mol. The molecule has 0 saturated carbocycles. The maximum atomic E-state index is 5.56. The minimum atomic E-state index is 0.689. The first-order chi connectivity index (χ1) is 9.71. The molecule has 102 valence electrons. The van der Waals surface area contributed by atoms with Gasteiger partial charge in [-0.3, -0.25) is 0 Å². The molecule has 0 aliphatic heterocycles. The van der Waals surface area contributed by atoms with Crippen molar-refractivity contribution in [1.82, 2.24) is 14.6 Å². The number of anilines is 1. The average molecular weight is 269 g/mol. The Morgan fingerprint density at radius 1 is 1.20 bits per heavy atom. The molecule has 0 radical (unpaired) electrons. The number of nitrogens with zero attached hydrogens (tertiary/aromatic N) is 3. The Morgan fingerprint density at radius 3 is 2.60 bits per heavy atom. The summed E-state index contributed by atoms with van der Waals surface area (Å²) in [5, 5.41) is 4.34. The Hall–Kier alpha value is -2.60. The van der Waals surface area contributed by atoms with Gasteiger partial charge in [-0.2, -0.15) is 9.61 Å². The first-order valence-corrected chi connectivity index (χ1v) is 6.20. The number of nitrogens with one attached hydrogen (secondary N) is 1. The minimum Gasteiger partial charge on any atom is -0.497 e. The van der Waals surface area contributed by atoms with E-state index < -0.39 is 0 Å². The predicted octanol–water partition coefficient (Wildman–Crippen LogP) is 2.00. The maximum Gasteiger partial charge on any atom is 0.158 e. The molecule has 3 aromatic rings. The molecule has 3 N–H and O–H groups in total. The number of fused-ring (bicyclic) bond motifs is 1. The molecule has 20 heavy (non-hydrogen) atoms. The van der Waals surface area contributed by atoms with Crippen LogP contribution in [0.2, 0.25) is 0 Å². The summed E-state index contributed by atoms with van der Waals surface area (Å²) in [6.45, 7) is 1.92. The van der Waals surface area contributed by atoms with Gasteiger partial charge >= 0.3 is 0 Å². The van der Waals surface area contributed by atoms with Crippen LogP contribution < -0.4 is 16.0 Å². The summed E-state index contributed by atoms with van der Waals surface area (Å²) in [4.78, 5) is 4.59. The minimum absolute atomic E-state index is 0.689. The van der Waals surface area contributed by atoms with E-state index >= 15 is 0 Å². The summed E-state index contributed by atoms with van der Waals surface area (Å²) in [5.74, 6) is 7.06. The van der Waals surface area contributed by atoms with E-state index in [1.165, 1.54) is 0 Å². The lowest BCUT2D eigenvalue weighted by Gasteiger charge is -2.07. The Balaban J connectivity index is 2.14. The van der Waals surface area contributed by atoms with E-state index in [0.717, 1.165) is 28.3 Å². The summed E-state index contributed by atoms with van der Waals surface area (Å²) in [7, 11) is 1.64. The van der Waals surface area contributed by atoms with Gasteiger partial charge in [0, 0.05) is 17.7 Å². The van der Waals surface area contributed by atoms with Gasteiger partial charge in [0.2, 0.25) is 0 Å². The second kappa shape index (κ2) is 4.82. The number of ether oxygens (including phenoxy) is 1. The number of nitrogen functional groups attached to an aromatic ring is 1. The topological polar surface area (TPSA) is 77.5 Å². The normalized spacial score (nSPS) is 10.8. The van der Waals surface area contributed by atoms with Gasteiger partial charge in [0.15, 0.2) is 5.65 Å². The van der Waals surface area contributed by atoms with E-state index in [4.69, 9.17) is 10.6 Å². The van der Waals surface area contributed by atoms with E-state index in [1.54, 1.807) is 11.6 Å². The highest BCUT2D eigenvalue weighted by molar-refractivity contribution is 5.67. The quantitative estimate of drug-likeness (QED) is 0.561. The number of hydrogen-bond donors (Lipinski definition) is 2. The van der Waals surface area contributed by atoms with Crippen LogP contribution in [0.1, 0.15) is 5.69 Å². The maximum absolute atomic E-state index is 5.56. The fourth-order valence-corrected chi connectivity index (χ4v) is 2.10. The van der Waals surface area contributed by atoms with Gasteiger partial charge < -0.3 is 10.2 Å². The monoisotopic (exact) mass is 269 g/mol. The van der Waals surface area contributed by atoms with Crippen molar-refractivity contribution in [3.8, 4) is 17.0 Å². The number of aromatic nitrogens is 3. The van der Waals surface area contributed by atoms with Gasteiger partial charge in [0.05, 0.1) is 18.5 Å². The Kier molecular flexibility index (Phi) is 3.00. The summed E-state index contributed by atoms with van der Waals surface area (Å²) in [6, 6.07) is 11.5. The number of aryl methyl sites for hydroxylation is 1. The van der Waals surface area contributed by atoms with Gasteiger partial charge in [0.25, 0.3) is 0 Å². The second-order valence-corrected chi connectivity index (χ2v) is 4.46. The van der Waals surface area contributed by atoms with E-state index in [9.17, 15) is 0 Å². The van der Waals surface area contributed by atoms with E-state index in [2.05, 4.69) is 15.5 Å². The van der Waals surface area contributed by atoms with Crippen molar-refractivity contribution in [2.24, 2.45) is 5.84 Å². The first kappa shape index (κ1) is 12.4. The number of benzene rings is 1. The number of hydrazine groups is 1. The highest BCUT2D eigenvalue weighted by Crippen LogP contribution is 2.24. The largest absolute Gasteiger partial charge is 0.497 e. The molecule has 6 nitrogen and oxygen atoms in total. The molecule has 2 heterocycles. The van der Waals surface area contributed by atoms with Crippen molar-refractivity contribution < 1.29 is 4.74 Å². The molecule has 0 bridgehead atoms. The molecule has 0 aliphatic carbocycles. The molecule has 6 heteroatoms. The van der Waals surface area contributed by atoms with Crippen LogP contribution in [0.25, 0.3) is 16.9 Å². The third-order valence-electron chi connectivity index (χ3n) is 3.08. The number of rotatable bonds is 3. The Bertz CT molecular complexity index is 748. The van der Waals surface area contributed by atoms with Crippen molar-refractivity contribution in [3.05, 3.63) is 42.1 Å². The highest BCUT2D eigenvalue weighted by Gasteiger charge is 2.09. The van der Waals surface area contributed by atoms with Crippen LogP contribution in [0.15, 0.2) is 36.4 Å². The molecule has 0 unspecified atom stereocenters. The van der Waals surface area contributed by atoms with Gasteiger partial charge in [-0.15, -0.1) is 0 Å². The van der Waals surface area contributed by atoms with Crippen molar-refractivity contribution in [3.63, 3.8) is 0 Å². The molecule has 0 amide bonds. The molecule has 0 fully saturated rings. The lowest BCUT2D eigenvalue weighted by Crippen LogP contribution is -2.12. The Labute approximate surface area is 116 Å². The average Bonchev–Trinajstić information content (AvgIpc) is 2.86. The molecule has 0 atom stereocenters. The fourth-order valence-electron chi connectivity index (χ4n) is 2.10. The van der Waals surface area contributed by atoms with Crippen LogP contribution >= 0.6 is 0 Å². The summed E-state index contributed by atoms with van der Waals surface area (Å²) in [5.41, 5.74) is 6.11. The van der Waals surface area contributed by atoms with Crippen LogP contribution in [0.3, 0.4) is 0 Å². The summed E-state index contributed by atoms with van der Waals surface area (Å²) < 4.78 is 6.84. The molecule has 0 aliphatic rings. The SMILES string of the molecule is COc1ccc(-c2cc(NN)n3nc(C)cc3n2)cc1. The smallest absolute Gasteiger partial charge is 0.158 e.